The Kier molecular flexibility index (Phi) is 19.8. The molecule has 0 spiro atoms. The molecule has 0 bridgehead atoms. The van der Waals surface area contributed by atoms with Crippen LogP contribution in [0.3, 0.4) is 0 Å². The first-order chi connectivity index (χ1) is 14.9. The molecule has 7 heteroatoms. The molecule has 182 valence electrons. The van der Waals surface area contributed by atoms with Gasteiger partial charge < -0.3 is 30.0 Å². The molecule has 7 nitrogen and oxygen atoms in total. The Morgan fingerprint density at radius 3 is 1.74 bits per heavy atom. The second-order valence-corrected chi connectivity index (χ2v) is 8.24. The molecule has 0 unspecified atom stereocenters. The third kappa shape index (κ3) is 17.0. The number of ether oxygens (including phenoxy) is 1. The minimum Gasteiger partial charge on any atom is -0.460 e. The second kappa shape index (κ2) is 20.6. The lowest BCUT2D eigenvalue weighted by Crippen LogP contribution is -2.46. The van der Waals surface area contributed by atoms with Crippen LogP contribution in [0.15, 0.2) is 12.2 Å². The maximum Gasteiger partial charge on any atom is 0.330 e. The number of hydrogen-bond acceptors (Lipinski definition) is 7. The average Bonchev–Trinajstić information content (AvgIpc) is 2.78. The van der Waals surface area contributed by atoms with Crippen molar-refractivity contribution in [3.05, 3.63) is 12.2 Å². The third-order valence-corrected chi connectivity index (χ3v) is 5.36. The average molecular weight is 445 g/mol. The van der Waals surface area contributed by atoms with Crippen molar-refractivity contribution in [2.45, 2.75) is 121 Å². The normalized spacial score (nSPS) is 15.5. The first-order valence-corrected chi connectivity index (χ1v) is 11.9. The van der Waals surface area contributed by atoms with Gasteiger partial charge in [-0.1, -0.05) is 90.0 Å². The van der Waals surface area contributed by atoms with E-state index < -0.39 is 37.0 Å². The van der Waals surface area contributed by atoms with Gasteiger partial charge in [0.15, 0.2) is 6.29 Å². The standard InChI is InChI=1S/C24H44O7/c1-2-3-4-5-6-7-8-9-10-11-12-13-14-15-16-17-22(28)31-19-21(27)24(30)23(29)20(26)18-25/h16-18,20-21,23-24,26-27,29-30H,2-15,19H2,1H3/b17-16+/t20-,21+,23+,24+/m0/s1. The fourth-order valence-electron chi connectivity index (χ4n) is 3.28. The van der Waals surface area contributed by atoms with E-state index in [1.54, 1.807) is 6.08 Å². The molecule has 0 aliphatic rings. The molecule has 0 radical (unpaired) electrons. The highest BCUT2D eigenvalue weighted by atomic mass is 16.5. The van der Waals surface area contributed by atoms with Gasteiger partial charge in [-0.05, 0) is 12.8 Å². The van der Waals surface area contributed by atoms with E-state index in [-0.39, 0.29) is 6.29 Å². The molecule has 0 saturated heterocycles. The van der Waals surface area contributed by atoms with Crippen molar-refractivity contribution < 1.29 is 34.8 Å². The van der Waals surface area contributed by atoms with Crippen LogP contribution in [0.1, 0.15) is 96.8 Å². The summed E-state index contributed by atoms with van der Waals surface area (Å²) in [5.41, 5.74) is 0. The van der Waals surface area contributed by atoms with Gasteiger partial charge in [0, 0.05) is 6.08 Å². The van der Waals surface area contributed by atoms with Gasteiger partial charge in [0.25, 0.3) is 0 Å². The number of allylic oxidation sites excluding steroid dienone is 1. The molecule has 0 saturated carbocycles. The van der Waals surface area contributed by atoms with E-state index in [0.29, 0.717) is 0 Å². The van der Waals surface area contributed by atoms with Crippen molar-refractivity contribution >= 4 is 12.3 Å². The number of aliphatic hydroxyl groups is 4. The molecule has 0 aromatic heterocycles. The van der Waals surface area contributed by atoms with Gasteiger partial charge in [-0.15, -0.1) is 0 Å². The molecule has 4 atom stereocenters. The molecule has 0 fully saturated rings. The summed E-state index contributed by atoms with van der Waals surface area (Å²) >= 11 is 0. The summed E-state index contributed by atoms with van der Waals surface area (Å²) in [6.45, 7) is 1.69. The molecule has 0 heterocycles. The number of carbonyl (C=O) groups is 2. The SMILES string of the molecule is CCCCCCCCCCCCCCC/C=C/C(=O)OC[C@@H](O)[C@@H](O)[C@H](O)[C@@H](O)C=O. The number of rotatable bonds is 21. The largest absolute Gasteiger partial charge is 0.460 e. The summed E-state index contributed by atoms with van der Waals surface area (Å²) in [5.74, 6) is -0.661. The van der Waals surface area contributed by atoms with Gasteiger partial charge in [-0.2, -0.15) is 0 Å². The summed E-state index contributed by atoms with van der Waals surface area (Å²) in [5, 5.41) is 37.8. The van der Waals surface area contributed by atoms with E-state index in [1.807, 2.05) is 0 Å². The molecule has 0 amide bonds. The molecule has 0 aromatic rings. The number of hydrogen-bond donors (Lipinski definition) is 4. The molecule has 0 aromatic carbocycles. The Morgan fingerprint density at radius 2 is 1.26 bits per heavy atom. The number of aldehydes is 1. The van der Waals surface area contributed by atoms with Crippen molar-refractivity contribution in [1.29, 1.82) is 0 Å². The third-order valence-electron chi connectivity index (χ3n) is 5.36. The second-order valence-electron chi connectivity index (χ2n) is 8.24. The number of esters is 1. The van der Waals surface area contributed by atoms with Crippen molar-refractivity contribution in [1.82, 2.24) is 0 Å². The topological polar surface area (TPSA) is 124 Å². The summed E-state index contributed by atoms with van der Waals surface area (Å²) in [4.78, 5) is 22.0. The molecular formula is C24H44O7. The highest BCUT2D eigenvalue weighted by molar-refractivity contribution is 5.81. The summed E-state index contributed by atoms with van der Waals surface area (Å²) in [6, 6.07) is 0. The zero-order valence-corrected chi connectivity index (χ0v) is 19.2. The lowest BCUT2D eigenvalue weighted by atomic mass is 10.0. The predicted molar refractivity (Wildman–Crippen MR) is 121 cm³/mol. The fourth-order valence-corrected chi connectivity index (χ4v) is 3.28. The fraction of sp³-hybridized carbons (Fsp3) is 0.833. The Morgan fingerprint density at radius 1 is 0.774 bits per heavy atom. The van der Waals surface area contributed by atoms with Gasteiger partial charge >= 0.3 is 5.97 Å². The zero-order chi connectivity index (χ0) is 23.3. The Labute approximate surface area is 187 Å². The van der Waals surface area contributed by atoms with Crippen LogP contribution in [0.4, 0.5) is 0 Å². The molecule has 31 heavy (non-hydrogen) atoms. The molecular weight excluding hydrogens is 400 g/mol. The predicted octanol–water partition coefficient (Wildman–Crippen LogP) is 3.21. The van der Waals surface area contributed by atoms with Gasteiger partial charge in [-0.3, -0.25) is 0 Å². The van der Waals surface area contributed by atoms with E-state index in [4.69, 9.17) is 9.84 Å². The Bertz CT molecular complexity index is 467. The van der Waals surface area contributed by atoms with E-state index >= 15 is 0 Å². The van der Waals surface area contributed by atoms with E-state index in [9.17, 15) is 24.9 Å². The monoisotopic (exact) mass is 444 g/mol. The highest BCUT2D eigenvalue weighted by Crippen LogP contribution is 2.13. The van der Waals surface area contributed by atoms with Crippen LogP contribution in [0, 0.1) is 0 Å². The lowest BCUT2D eigenvalue weighted by Gasteiger charge is -2.23. The van der Waals surface area contributed by atoms with Crippen molar-refractivity contribution in [2.75, 3.05) is 6.61 Å². The van der Waals surface area contributed by atoms with Crippen molar-refractivity contribution in [2.24, 2.45) is 0 Å². The van der Waals surface area contributed by atoms with Crippen LogP contribution >= 0.6 is 0 Å². The lowest BCUT2D eigenvalue weighted by molar-refractivity contribution is -0.152. The smallest absolute Gasteiger partial charge is 0.330 e. The summed E-state index contributed by atoms with van der Waals surface area (Å²) < 4.78 is 4.79. The number of carbonyl (C=O) groups excluding carboxylic acids is 2. The minimum absolute atomic E-state index is 0.0475. The van der Waals surface area contributed by atoms with Crippen LogP contribution in [-0.4, -0.2) is 63.7 Å². The molecule has 4 N–H and O–H groups in total. The Balaban J connectivity index is 3.58. The van der Waals surface area contributed by atoms with Crippen LogP contribution in [0.2, 0.25) is 0 Å². The summed E-state index contributed by atoms with van der Waals surface area (Å²) in [6.07, 6.45) is 13.4. The molecule has 0 rings (SSSR count). The number of unbranched alkanes of at least 4 members (excludes halogenated alkanes) is 13. The van der Waals surface area contributed by atoms with E-state index in [2.05, 4.69) is 6.92 Å². The molecule has 0 aliphatic heterocycles. The number of aliphatic hydroxyl groups excluding tert-OH is 4. The van der Waals surface area contributed by atoms with Gasteiger partial charge in [0.05, 0.1) is 0 Å². The van der Waals surface area contributed by atoms with E-state index in [1.165, 1.54) is 76.7 Å². The maximum atomic E-state index is 11.6. The quantitative estimate of drug-likeness (QED) is 0.0927. The van der Waals surface area contributed by atoms with Crippen LogP contribution in [0.5, 0.6) is 0 Å². The first-order valence-electron chi connectivity index (χ1n) is 11.9. The van der Waals surface area contributed by atoms with Gasteiger partial charge in [0.2, 0.25) is 0 Å². The van der Waals surface area contributed by atoms with Crippen molar-refractivity contribution in [3.63, 3.8) is 0 Å². The highest BCUT2D eigenvalue weighted by Gasteiger charge is 2.30. The van der Waals surface area contributed by atoms with Gasteiger partial charge in [0.1, 0.15) is 31.0 Å². The molecule has 0 aliphatic carbocycles. The first kappa shape index (κ1) is 29.7. The van der Waals surface area contributed by atoms with Gasteiger partial charge in [-0.25, -0.2) is 4.79 Å². The van der Waals surface area contributed by atoms with Crippen LogP contribution in [-0.2, 0) is 14.3 Å². The van der Waals surface area contributed by atoms with Crippen molar-refractivity contribution in [3.8, 4) is 0 Å². The maximum absolute atomic E-state index is 11.6. The minimum atomic E-state index is -1.85. The zero-order valence-electron chi connectivity index (χ0n) is 19.2. The van der Waals surface area contributed by atoms with Crippen LogP contribution in [0.25, 0.3) is 0 Å². The van der Waals surface area contributed by atoms with Crippen LogP contribution < -0.4 is 0 Å². The summed E-state index contributed by atoms with van der Waals surface area (Å²) in [7, 11) is 0. The van der Waals surface area contributed by atoms with E-state index in [0.717, 1.165) is 19.3 Å². The Hall–Kier alpha value is -1.28.